The van der Waals surface area contributed by atoms with E-state index in [1.807, 2.05) is 19.2 Å². The zero-order valence-corrected chi connectivity index (χ0v) is 9.31. The molecule has 1 aromatic carbocycles. The van der Waals surface area contributed by atoms with Gasteiger partial charge in [-0.15, -0.1) is 0 Å². The van der Waals surface area contributed by atoms with Gasteiger partial charge in [-0.25, -0.2) is 4.39 Å². The second-order valence-electron chi connectivity index (χ2n) is 3.61. The highest BCUT2D eigenvalue weighted by Crippen LogP contribution is 2.16. The molecule has 0 bridgehead atoms. The minimum atomic E-state index is -0.425. The molecule has 2 rings (SSSR count). The molecule has 1 N–H and O–H groups in total. The van der Waals surface area contributed by atoms with Gasteiger partial charge in [0.2, 0.25) is 0 Å². The van der Waals surface area contributed by atoms with Crippen molar-refractivity contribution in [3.05, 3.63) is 47.5 Å². The first-order valence-corrected chi connectivity index (χ1v) is 5.11. The quantitative estimate of drug-likeness (QED) is 0.877. The van der Waals surface area contributed by atoms with E-state index in [9.17, 15) is 4.39 Å². The van der Waals surface area contributed by atoms with Crippen LogP contribution in [0.2, 0.25) is 0 Å². The predicted octanol–water partition coefficient (Wildman–Crippen LogP) is 2.04. The van der Waals surface area contributed by atoms with Crippen LogP contribution in [0.3, 0.4) is 0 Å². The Balaban J connectivity index is 2.10. The number of aryl methyl sites for hydroxylation is 1. The molecule has 86 valence electrons. The largest absolute Gasteiger partial charge is 0.377 e. The highest BCUT2D eigenvalue weighted by molar-refractivity contribution is 5.48. The average Bonchev–Trinajstić information content (AvgIpc) is 2.73. The number of rotatable bonds is 3. The van der Waals surface area contributed by atoms with E-state index in [2.05, 4.69) is 10.4 Å². The van der Waals surface area contributed by atoms with Crippen molar-refractivity contribution in [2.24, 2.45) is 7.05 Å². The molecule has 5 heteroatoms. The molecule has 0 unspecified atom stereocenters. The van der Waals surface area contributed by atoms with Crippen molar-refractivity contribution in [2.45, 2.75) is 6.54 Å². The summed E-state index contributed by atoms with van der Waals surface area (Å²) in [5.41, 5.74) is 1.65. The first-order chi connectivity index (χ1) is 8.20. The fraction of sp³-hybridized carbons (Fsp3) is 0.167. The summed E-state index contributed by atoms with van der Waals surface area (Å²) >= 11 is 0. The number of hydrogen-bond acceptors (Lipinski definition) is 3. The molecule has 1 aromatic heterocycles. The first kappa shape index (κ1) is 11.1. The Labute approximate surface area is 98.3 Å². The molecular weight excluding hydrogens is 219 g/mol. The number of halogens is 1. The normalized spacial score (nSPS) is 9.94. The molecule has 4 nitrogen and oxygen atoms in total. The van der Waals surface area contributed by atoms with Crippen LogP contribution in [-0.4, -0.2) is 9.78 Å². The minimum Gasteiger partial charge on any atom is -0.377 e. The number of nitriles is 1. The minimum absolute atomic E-state index is 0.314. The maximum absolute atomic E-state index is 13.5. The Kier molecular flexibility index (Phi) is 3.06. The molecule has 1 heterocycles. The van der Waals surface area contributed by atoms with Crippen molar-refractivity contribution in [1.82, 2.24) is 9.78 Å². The maximum Gasteiger partial charge on any atom is 0.147 e. The van der Waals surface area contributed by atoms with Crippen molar-refractivity contribution in [3.8, 4) is 6.07 Å². The van der Waals surface area contributed by atoms with E-state index < -0.39 is 5.82 Å². The Bertz CT molecular complexity index is 568. The molecule has 2 aromatic rings. The zero-order valence-electron chi connectivity index (χ0n) is 9.31. The Morgan fingerprint density at radius 3 is 2.88 bits per heavy atom. The summed E-state index contributed by atoms with van der Waals surface area (Å²) in [6, 6.07) is 8.10. The third kappa shape index (κ3) is 2.42. The van der Waals surface area contributed by atoms with Crippen LogP contribution >= 0.6 is 0 Å². The number of hydrogen-bond donors (Lipinski definition) is 1. The van der Waals surface area contributed by atoms with Crippen LogP contribution in [0.4, 0.5) is 10.1 Å². The number of nitrogens with zero attached hydrogens (tertiary/aromatic N) is 3. The van der Waals surface area contributed by atoms with Crippen molar-refractivity contribution >= 4 is 5.69 Å². The van der Waals surface area contributed by atoms with Gasteiger partial charge >= 0.3 is 0 Å². The van der Waals surface area contributed by atoms with E-state index in [0.717, 1.165) is 5.69 Å². The lowest BCUT2D eigenvalue weighted by molar-refractivity contribution is 0.628. The molecule has 0 aliphatic rings. The third-order valence-corrected chi connectivity index (χ3v) is 2.48. The molecule has 0 fully saturated rings. The fourth-order valence-corrected chi connectivity index (χ4v) is 1.49. The molecule has 0 saturated carbocycles. The van der Waals surface area contributed by atoms with Crippen molar-refractivity contribution in [3.63, 3.8) is 0 Å². The van der Waals surface area contributed by atoms with Gasteiger partial charge in [-0.1, -0.05) is 0 Å². The summed E-state index contributed by atoms with van der Waals surface area (Å²) in [6.45, 7) is 0.485. The fourth-order valence-electron chi connectivity index (χ4n) is 1.49. The third-order valence-electron chi connectivity index (χ3n) is 2.48. The summed E-state index contributed by atoms with van der Waals surface area (Å²) in [5.74, 6) is -0.425. The number of anilines is 1. The van der Waals surface area contributed by atoms with Gasteiger partial charge in [0.15, 0.2) is 0 Å². The summed E-state index contributed by atoms with van der Waals surface area (Å²) in [4.78, 5) is 0. The van der Waals surface area contributed by atoms with E-state index in [4.69, 9.17) is 5.26 Å². The summed E-state index contributed by atoms with van der Waals surface area (Å²) in [7, 11) is 1.83. The molecule has 17 heavy (non-hydrogen) atoms. The van der Waals surface area contributed by atoms with E-state index in [0.29, 0.717) is 17.8 Å². The lowest BCUT2D eigenvalue weighted by atomic mass is 10.2. The number of nitrogens with one attached hydrogen (secondary N) is 1. The summed E-state index contributed by atoms with van der Waals surface area (Å²) in [5, 5.41) is 15.6. The summed E-state index contributed by atoms with van der Waals surface area (Å²) < 4.78 is 15.2. The number of aromatic nitrogens is 2. The molecule has 0 saturated heterocycles. The lowest BCUT2D eigenvalue weighted by Crippen LogP contribution is -2.06. The molecule has 0 aliphatic carbocycles. The Hall–Kier alpha value is -2.35. The molecule has 0 spiro atoms. The molecular formula is C12H11FN4. The molecule has 0 amide bonds. The van der Waals surface area contributed by atoms with Crippen LogP contribution in [0, 0.1) is 17.1 Å². The van der Waals surface area contributed by atoms with Crippen LogP contribution in [0.1, 0.15) is 11.3 Å². The van der Waals surface area contributed by atoms with Crippen molar-refractivity contribution in [2.75, 3.05) is 5.32 Å². The SMILES string of the molecule is Cn1nccc1CNc1ccc(C#N)cc1F. The maximum atomic E-state index is 13.5. The monoisotopic (exact) mass is 230 g/mol. The van der Waals surface area contributed by atoms with Crippen LogP contribution in [0.5, 0.6) is 0 Å². The molecule has 0 radical (unpaired) electrons. The van der Waals surface area contributed by atoms with Crippen LogP contribution in [0.15, 0.2) is 30.5 Å². The first-order valence-electron chi connectivity index (χ1n) is 5.11. The predicted molar refractivity (Wildman–Crippen MR) is 61.6 cm³/mol. The van der Waals surface area contributed by atoms with E-state index in [-0.39, 0.29) is 0 Å². The van der Waals surface area contributed by atoms with E-state index in [1.54, 1.807) is 23.0 Å². The van der Waals surface area contributed by atoms with E-state index in [1.165, 1.54) is 6.07 Å². The van der Waals surface area contributed by atoms with E-state index >= 15 is 0 Å². The smallest absolute Gasteiger partial charge is 0.147 e. The van der Waals surface area contributed by atoms with Crippen LogP contribution in [0.25, 0.3) is 0 Å². The zero-order chi connectivity index (χ0) is 12.3. The molecule has 0 atom stereocenters. The second kappa shape index (κ2) is 4.66. The molecule has 0 aliphatic heterocycles. The topological polar surface area (TPSA) is 53.6 Å². The Morgan fingerprint density at radius 1 is 1.47 bits per heavy atom. The highest BCUT2D eigenvalue weighted by atomic mass is 19.1. The van der Waals surface area contributed by atoms with Gasteiger partial charge in [0.05, 0.1) is 29.6 Å². The van der Waals surface area contributed by atoms with Crippen LogP contribution < -0.4 is 5.32 Å². The standard InChI is InChI=1S/C12H11FN4/c1-17-10(4-5-16-17)8-15-12-3-2-9(7-14)6-11(12)13/h2-6,15H,8H2,1H3. The highest BCUT2D eigenvalue weighted by Gasteiger charge is 2.04. The van der Waals surface area contributed by atoms with Crippen molar-refractivity contribution < 1.29 is 4.39 Å². The van der Waals surface area contributed by atoms with Crippen molar-refractivity contribution in [1.29, 1.82) is 5.26 Å². The van der Waals surface area contributed by atoms with Gasteiger partial charge in [0.1, 0.15) is 5.82 Å². The summed E-state index contributed by atoms with van der Waals surface area (Å²) in [6.07, 6.45) is 1.69. The van der Waals surface area contributed by atoms with Crippen LogP contribution in [-0.2, 0) is 13.6 Å². The Morgan fingerprint density at radius 2 is 2.29 bits per heavy atom. The van der Waals surface area contributed by atoms with Gasteiger partial charge in [-0.3, -0.25) is 4.68 Å². The van der Waals surface area contributed by atoms with Gasteiger partial charge in [0.25, 0.3) is 0 Å². The van der Waals surface area contributed by atoms with Gasteiger partial charge in [0, 0.05) is 13.2 Å². The number of benzene rings is 1. The van der Waals surface area contributed by atoms with Gasteiger partial charge < -0.3 is 5.32 Å². The van der Waals surface area contributed by atoms with Gasteiger partial charge in [-0.2, -0.15) is 10.4 Å². The lowest BCUT2D eigenvalue weighted by Gasteiger charge is -2.07. The second-order valence-corrected chi connectivity index (χ2v) is 3.61. The van der Waals surface area contributed by atoms with Gasteiger partial charge in [-0.05, 0) is 24.3 Å². The average molecular weight is 230 g/mol.